The Kier molecular flexibility index (Phi) is 4.00. The van der Waals surface area contributed by atoms with E-state index in [1.165, 1.54) is 49.8 Å². The molecule has 1 nitrogen and oxygen atoms in total. The van der Waals surface area contributed by atoms with Gasteiger partial charge in [-0.25, -0.2) is 0 Å². The van der Waals surface area contributed by atoms with Crippen molar-refractivity contribution in [3.8, 4) is 0 Å². The smallest absolute Gasteiger partial charge is 0.00682 e. The van der Waals surface area contributed by atoms with Crippen LogP contribution in [0.3, 0.4) is 0 Å². The Morgan fingerprint density at radius 2 is 1.81 bits per heavy atom. The van der Waals surface area contributed by atoms with Gasteiger partial charge in [0.2, 0.25) is 0 Å². The molecule has 1 saturated carbocycles. The molecule has 0 aromatic heterocycles. The molecule has 0 heterocycles. The largest absolute Gasteiger partial charge is 0.314 e. The molecule has 2 rings (SSSR count). The lowest BCUT2D eigenvalue weighted by molar-refractivity contribution is 0.618. The number of hydrogen-bond donors (Lipinski definition) is 1. The lowest BCUT2D eigenvalue weighted by Crippen LogP contribution is -2.17. The summed E-state index contributed by atoms with van der Waals surface area (Å²) in [6.45, 7) is 5.66. The molecule has 16 heavy (non-hydrogen) atoms. The number of rotatable bonds is 6. The van der Waals surface area contributed by atoms with Gasteiger partial charge in [-0.1, -0.05) is 18.2 Å². The van der Waals surface area contributed by atoms with Crippen LogP contribution in [0.25, 0.3) is 0 Å². The molecule has 1 heteroatoms. The Balaban J connectivity index is 1.71. The topological polar surface area (TPSA) is 12.0 Å². The number of nitrogens with one attached hydrogen (secondary N) is 1. The average molecular weight is 217 g/mol. The van der Waals surface area contributed by atoms with Crippen LogP contribution < -0.4 is 5.32 Å². The molecule has 1 aromatic carbocycles. The fourth-order valence-corrected chi connectivity index (χ4v) is 2.26. The normalized spacial score (nSPS) is 15.4. The fourth-order valence-electron chi connectivity index (χ4n) is 2.26. The van der Waals surface area contributed by atoms with Gasteiger partial charge in [0.25, 0.3) is 0 Å². The highest BCUT2D eigenvalue weighted by atomic mass is 14.9. The van der Waals surface area contributed by atoms with Crippen LogP contribution in [-0.2, 0) is 6.42 Å². The molecular weight excluding hydrogens is 194 g/mol. The van der Waals surface area contributed by atoms with E-state index in [1.807, 2.05) is 0 Å². The molecule has 0 radical (unpaired) electrons. The molecular formula is C15H23N. The van der Waals surface area contributed by atoms with Crippen LogP contribution in [0, 0.1) is 13.8 Å². The summed E-state index contributed by atoms with van der Waals surface area (Å²) in [6.07, 6.45) is 6.66. The van der Waals surface area contributed by atoms with Gasteiger partial charge in [0, 0.05) is 6.04 Å². The van der Waals surface area contributed by atoms with Crippen LogP contribution in [-0.4, -0.2) is 12.6 Å². The SMILES string of the molecule is Cc1cccc(C)c1CCCCNC1CC1. The summed E-state index contributed by atoms with van der Waals surface area (Å²) >= 11 is 0. The molecule has 0 aliphatic heterocycles. The van der Waals surface area contributed by atoms with Gasteiger partial charge in [-0.05, 0) is 69.2 Å². The maximum absolute atomic E-state index is 3.57. The van der Waals surface area contributed by atoms with Crippen LogP contribution in [0.1, 0.15) is 42.4 Å². The first-order chi connectivity index (χ1) is 7.77. The van der Waals surface area contributed by atoms with Gasteiger partial charge in [-0.15, -0.1) is 0 Å². The maximum atomic E-state index is 3.57. The van der Waals surface area contributed by atoms with Crippen LogP contribution in [0.4, 0.5) is 0 Å². The van der Waals surface area contributed by atoms with E-state index in [9.17, 15) is 0 Å². The number of aryl methyl sites for hydroxylation is 2. The van der Waals surface area contributed by atoms with E-state index in [2.05, 4.69) is 37.4 Å². The van der Waals surface area contributed by atoms with Crippen molar-refractivity contribution in [1.29, 1.82) is 0 Å². The van der Waals surface area contributed by atoms with Crippen molar-refractivity contribution in [2.75, 3.05) is 6.54 Å². The molecule has 1 fully saturated rings. The van der Waals surface area contributed by atoms with Crippen molar-refractivity contribution in [2.24, 2.45) is 0 Å². The average Bonchev–Trinajstić information content (AvgIpc) is 3.05. The van der Waals surface area contributed by atoms with Gasteiger partial charge in [-0.2, -0.15) is 0 Å². The third-order valence-electron chi connectivity index (χ3n) is 3.51. The number of hydrogen-bond acceptors (Lipinski definition) is 1. The number of unbranched alkanes of at least 4 members (excludes halogenated alkanes) is 1. The predicted octanol–water partition coefficient (Wildman–Crippen LogP) is 3.38. The molecule has 1 aliphatic rings. The van der Waals surface area contributed by atoms with Crippen molar-refractivity contribution >= 4 is 0 Å². The van der Waals surface area contributed by atoms with Gasteiger partial charge < -0.3 is 5.32 Å². The quantitative estimate of drug-likeness (QED) is 0.720. The fraction of sp³-hybridized carbons (Fsp3) is 0.600. The van der Waals surface area contributed by atoms with Crippen molar-refractivity contribution in [2.45, 2.75) is 52.0 Å². The summed E-state index contributed by atoms with van der Waals surface area (Å²) in [7, 11) is 0. The van der Waals surface area contributed by atoms with Gasteiger partial charge >= 0.3 is 0 Å². The van der Waals surface area contributed by atoms with Crippen molar-refractivity contribution in [3.05, 3.63) is 34.9 Å². The summed E-state index contributed by atoms with van der Waals surface area (Å²) < 4.78 is 0. The van der Waals surface area contributed by atoms with Gasteiger partial charge in [0.15, 0.2) is 0 Å². The standard InChI is InChI=1S/C15H23N/c1-12-6-5-7-13(2)15(12)8-3-4-11-16-14-9-10-14/h5-7,14,16H,3-4,8-11H2,1-2H3. The summed E-state index contributed by atoms with van der Waals surface area (Å²) in [5.74, 6) is 0. The first-order valence-electron chi connectivity index (χ1n) is 6.56. The molecule has 0 unspecified atom stereocenters. The molecule has 0 spiro atoms. The lowest BCUT2D eigenvalue weighted by Gasteiger charge is -2.09. The molecule has 1 aliphatic carbocycles. The summed E-state index contributed by atoms with van der Waals surface area (Å²) in [5.41, 5.74) is 4.47. The van der Waals surface area contributed by atoms with E-state index < -0.39 is 0 Å². The van der Waals surface area contributed by atoms with Gasteiger partial charge in [0.05, 0.1) is 0 Å². The first kappa shape index (κ1) is 11.7. The zero-order chi connectivity index (χ0) is 11.4. The Hall–Kier alpha value is -0.820. The highest BCUT2D eigenvalue weighted by molar-refractivity contribution is 5.33. The van der Waals surface area contributed by atoms with E-state index in [-0.39, 0.29) is 0 Å². The minimum absolute atomic E-state index is 0.861. The monoisotopic (exact) mass is 217 g/mol. The second kappa shape index (κ2) is 5.49. The van der Waals surface area contributed by atoms with E-state index in [0.717, 1.165) is 6.04 Å². The van der Waals surface area contributed by atoms with E-state index >= 15 is 0 Å². The molecule has 0 saturated heterocycles. The van der Waals surface area contributed by atoms with Crippen molar-refractivity contribution < 1.29 is 0 Å². The van der Waals surface area contributed by atoms with E-state index in [4.69, 9.17) is 0 Å². The van der Waals surface area contributed by atoms with Crippen LogP contribution in [0.5, 0.6) is 0 Å². The summed E-state index contributed by atoms with van der Waals surface area (Å²) in [5, 5.41) is 3.57. The van der Waals surface area contributed by atoms with E-state index in [1.54, 1.807) is 5.56 Å². The van der Waals surface area contributed by atoms with Crippen LogP contribution in [0.15, 0.2) is 18.2 Å². The summed E-state index contributed by atoms with van der Waals surface area (Å²) in [6, 6.07) is 7.47. The van der Waals surface area contributed by atoms with Crippen molar-refractivity contribution in [1.82, 2.24) is 5.32 Å². The molecule has 0 bridgehead atoms. The minimum Gasteiger partial charge on any atom is -0.314 e. The Morgan fingerprint density at radius 1 is 1.12 bits per heavy atom. The molecule has 1 aromatic rings. The van der Waals surface area contributed by atoms with E-state index in [0.29, 0.717) is 0 Å². The molecule has 0 amide bonds. The second-order valence-corrected chi connectivity index (χ2v) is 5.06. The van der Waals surface area contributed by atoms with Crippen molar-refractivity contribution in [3.63, 3.8) is 0 Å². The predicted molar refractivity (Wildman–Crippen MR) is 69.9 cm³/mol. The first-order valence-corrected chi connectivity index (χ1v) is 6.56. The van der Waals surface area contributed by atoms with Gasteiger partial charge in [-0.3, -0.25) is 0 Å². The number of benzene rings is 1. The Bertz CT molecular complexity index is 319. The molecule has 1 N–H and O–H groups in total. The van der Waals surface area contributed by atoms with Crippen LogP contribution in [0.2, 0.25) is 0 Å². The van der Waals surface area contributed by atoms with Crippen LogP contribution >= 0.6 is 0 Å². The third-order valence-corrected chi connectivity index (χ3v) is 3.51. The minimum atomic E-state index is 0.861. The highest BCUT2D eigenvalue weighted by Gasteiger charge is 2.19. The molecule has 88 valence electrons. The zero-order valence-corrected chi connectivity index (χ0v) is 10.6. The van der Waals surface area contributed by atoms with Gasteiger partial charge in [0.1, 0.15) is 0 Å². The zero-order valence-electron chi connectivity index (χ0n) is 10.6. The summed E-state index contributed by atoms with van der Waals surface area (Å²) in [4.78, 5) is 0. The third kappa shape index (κ3) is 3.34. The maximum Gasteiger partial charge on any atom is 0.00682 e. The Morgan fingerprint density at radius 3 is 2.44 bits per heavy atom. The second-order valence-electron chi connectivity index (χ2n) is 5.06. The Labute approximate surface area is 99.3 Å². The molecule has 0 atom stereocenters. The lowest BCUT2D eigenvalue weighted by atomic mass is 9.98. The highest BCUT2D eigenvalue weighted by Crippen LogP contribution is 2.19.